The molecule has 2 bridgehead atoms. The van der Waals surface area contributed by atoms with Gasteiger partial charge in [-0.25, -0.2) is 0 Å². The molecule has 0 spiro atoms. The van der Waals surface area contributed by atoms with E-state index in [1.807, 2.05) is 0 Å². The summed E-state index contributed by atoms with van der Waals surface area (Å²) in [6, 6.07) is 0. The van der Waals surface area contributed by atoms with Crippen molar-refractivity contribution < 1.29 is 9.53 Å². The number of carbonyl (C=O) groups is 1. The zero-order chi connectivity index (χ0) is 9.00. The van der Waals surface area contributed by atoms with E-state index in [-0.39, 0.29) is 12.1 Å². The van der Waals surface area contributed by atoms with E-state index in [1.54, 1.807) is 0 Å². The smallest absolute Gasteiger partial charge is 0.309 e. The van der Waals surface area contributed by atoms with Crippen LogP contribution >= 0.6 is 0 Å². The molecule has 5 atom stereocenters. The molecule has 0 N–H and O–H groups in total. The van der Waals surface area contributed by atoms with Gasteiger partial charge in [0.1, 0.15) is 6.10 Å². The van der Waals surface area contributed by atoms with Crippen LogP contribution in [0.4, 0.5) is 0 Å². The number of carbonyl (C=O) groups excluding carboxylic acids is 1. The van der Waals surface area contributed by atoms with Crippen LogP contribution in [0.2, 0.25) is 0 Å². The van der Waals surface area contributed by atoms with E-state index in [1.165, 1.54) is 19.3 Å². The molecule has 3 fully saturated rings. The molecular formula is C11H16O2. The highest BCUT2D eigenvalue weighted by atomic mass is 16.6. The van der Waals surface area contributed by atoms with Crippen LogP contribution in [-0.2, 0) is 9.53 Å². The third kappa shape index (κ3) is 0.866. The molecular weight excluding hydrogens is 164 g/mol. The van der Waals surface area contributed by atoms with E-state index < -0.39 is 0 Å². The summed E-state index contributed by atoms with van der Waals surface area (Å²) in [6.45, 7) is 2.13. The molecule has 0 amide bonds. The highest BCUT2D eigenvalue weighted by Gasteiger charge is 2.58. The maximum atomic E-state index is 11.6. The molecule has 3 rings (SSSR count). The Hall–Kier alpha value is -0.530. The molecule has 1 heterocycles. The van der Waals surface area contributed by atoms with Gasteiger partial charge in [0.2, 0.25) is 0 Å². The fourth-order valence-corrected chi connectivity index (χ4v) is 3.88. The first-order valence-corrected chi connectivity index (χ1v) is 5.51. The van der Waals surface area contributed by atoms with E-state index in [0.29, 0.717) is 17.8 Å². The SMILES string of the molecule is CC[C@H]1OC(=O)[C@H]2[C@H]3CC[C@H](C3)[C@H]21. The van der Waals surface area contributed by atoms with Gasteiger partial charge in [0.15, 0.2) is 0 Å². The first-order chi connectivity index (χ1) is 6.31. The van der Waals surface area contributed by atoms with Gasteiger partial charge in [0.25, 0.3) is 0 Å². The van der Waals surface area contributed by atoms with Crippen molar-refractivity contribution in [3.8, 4) is 0 Å². The summed E-state index contributed by atoms with van der Waals surface area (Å²) < 4.78 is 5.42. The molecule has 2 saturated carbocycles. The number of cyclic esters (lactones) is 1. The summed E-state index contributed by atoms with van der Waals surface area (Å²) in [5.41, 5.74) is 0. The molecule has 2 nitrogen and oxygen atoms in total. The predicted molar refractivity (Wildman–Crippen MR) is 48.0 cm³/mol. The Morgan fingerprint density at radius 3 is 2.92 bits per heavy atom. The summed E-state index contributed by atoms with van der Waals surface area (Å²) in [7, 11) is 0. The van der Waals surface area contributed by atoms with Crippen LogP contribution in [0, 0.1) is 23.7 Å². The molecule has 0 aromatic carbocycles. The standard InChI is InChI=1S/C11H16O2/c1-2-8-9-6-3-4-7(5-6)10(9)11(12)13-8/h6-10H,2-5H2,1H3/t6-,7+,8-,9+,10+/m1/s1. The average Bonchev–Trinajstić information content (AvgIpc) is 2.76. The molecule has 1 saturated heterocycles. The highest BCUT2D eigenvalue weighted by molar-refractivity contribution is 5.76. The van der Waals surface area contributed by atoms with Crippen LogP contribution in [0.15, 0.2) is 0 Å². The van der Waals surface area contributed by atoms with Gasteiger partial charge < -0.3 is 4.74 Å². The molecule has 0 unspecified atom stereocenters. The van der Waals surface area contributed by atoms with Crippen LogP contribution < -0.4 is 0 Å². The van der Waals surface area contributed by atoms with Crippen molar-refractivity contribution in [1.82, 2.24) is 0 Å². The van der Waals surface area contributed by atoms with E-state index in [0.717, 1.165) is 12.3 Å². The van der Waals surface area contributed by atoms with E-state index in [4.69, 9.17) is 4.74 Å². The third-order valence-corrected chi connectivity index (χ3v) is 4.35. The van der Waals surface area contributed by atoms with E-state index >= 15 is 0 Å². The monoisotopic (exact) mass is 180 g/mol. The zero-order valence-electron chi connectivity index (χ0n) is 8.03. The number of rotatable bonds is 1. The average molecular weight is 180 g/mol. The molecule has 2 heteroatoms. The quantitative estimate of drug-likeness (QED) is 0.577. The molecule has 2 aliphatic carbocycles. The summed E-state index contributed by atoms with van der Waals surface area (Å²) in [4.78, 5) is 11.6. The highest BCUT2D eigenvalue weighted by Crippen LogP contribution is 2.57. The molecule has 0 aromatic rings. The number of hydrogen-bond acceptors (Lipinski definition) is 2. The number of ether oxygens (including phenoxy) is 1. The Labute approximate surface area is 78.6 Å². The van der Waals surface area contributed by atoms with Crippen LogP contribution in [0.3, 0.4) is 0 Å². The summed E-state index contributed by atoms with van der Waals surface area (Å²) in [5.74, 6) is 2.49. The van der Waals surface area contributed by atoms with Gasteiger partial charge in [-0.3, -0.25) is 4.79 Å². The molecule has 72 valence electrons. The lowest BCUT2D eigenvalue weighted by Crippen LogP contribution is -2.26. The normalized spacial score (nSPS) is 52.4. The molecule has 0 radical (unpaired) electrons. The Bertz CT molecular complexity index is 248. The van der Waals surface area contributed by atoms with Crippen molar-refractivity contribution >= 4 is 5.97 Å². The van der Waals surface area contributed by atoms with Crippen molar-refractivity contribution in [3.05, 3.63) is 0 Å². The third-order valence-electron chi connectivity index (χ3n) is 4.35. The van der Waals surface area contributed by atoms with Gasteiger partial charge in [-0.15, -0.1) is 0 Å². The largest absolute Gasteiger partial charge is 0.462 e. The second-order valence-corrected chi connectivity index (χ2v) is 4.82. The summed E-state index contributed by atoms with van der Waals surface area (Å²) in [5, 5.41) is 0. The van der Waals surface area contributed by atoms with Gasteiger partial charge in [-0.2, -0.15) is 0 Å². The second-order valence-electron chi connectivity index (χ2n) is 4.82. The number of hydrogen-bond donors (Lipinski definition) is 0. The van der Waals surface area contributed by atoms with E-state index in [2.05, 4.69) is 6.92 Å². The maximum Gasteiger partial charge on any atom is 0.309 e. The second kappa shape index (κ2) is 2.49. The van der Waals surface area contributed by atoms with Crippen molar-refractivity contribution in [2.24, 2.45) is 23.7 Å². The fraction of sp³-hybridized carbons (Fsp3) is 0.909. The van der Waals surface area contributed by atoms with Crippen molar-refractivity contribution in [2.45, 2.75) is 38.7 Å². The van der Waals surface area contributed by atoms with Gasteiger partial charge in [0, 0.05) is 5.92 Å². The minimum Gasteiger partial charge on any atom is -0.462 e. The fourth-order valence-electron chi connectivity index (χ4n) is 3.88. The summed E-state index contributed by atoms with van der Waals surface area (Å²) in [6.07, 6.45) is 5.20. The lowest BCUT2D eigenvalue weighted by atomic mass is 9.78. The van der Waals surface area contributed by atoms with Crippen LogP contribution in [0.1, 0.15) is 32.6 Å². The topological polar surface area (TPSA) is 26.3 Å². The van der Waals surface area contributed by atoms with Gasteiger partial charge in [-0.05, 0) is 37.5 Å². The van der Waals surface area contributed by atoms with Gasteiger partial charge in [-0.1, -0.05) is 6.92 Å². The molecule has 1 aliphatic heterocycles. The van der Waals surface area contributed by atoms with E-state index in [9.17, 15) is 4.79 Å². The molecule has 3 aliphatic rings. The van der Waals surface area contributed by atoms with Crippen LogP contribution in [0.25, 0.3) is 0 Å². The number of fused-ring (bicyclic) bond motifs is 5. The zero-order valence-corrected chi connectivity index (χ0v) is 8.03. The predicted octanol–water partition coefficient (Wildman–Crippen LogP) is 1.98. The lowest BCUT2D eigenvalue weighted by Gasteiger charge is -2.23. The van der Waals surface area contributed by atoms with Crippen molar-refractivity contribution in [2.75, 3.05) is 0 Å². The Morgan fingerprint density at radius 1 is 1.38 bits per heavy atom. The molecule has 0 aromatic heterocycles. The minimum atomic E-state index is 0.115. The maximum absolute atomic E-state index is 11.6. The van der Waals surface area contributed by atoms with Gasteiger partial charge >= 0.3 is 5.97 Å². The Kier molecular flexibility index (Phi) is 1.50. The lowest BCUT2D eigenvalue weighted by molar-refractivity contribution is -0.145. The first kappa shape index (κ1) is 7.84. The summed E-state index contributed by atoms with van der Waals surface area (Å²) >= 11 is 0. The van der Waals surface area contributed by atoms with Gasteiger partial charge in [0.05, 0.1) is 5.92 Å². The number of esters is 1. The Morgan fingerprint density at radius 2 is 2.15 bits per heavy atom. The van der Waals surface area contributed by atoms with Crippen molar-refractivity contribution in [1.29, 1.82) is 0 Å². The van der Waals surface area contributed by atoms with Crippen LogP contribution in [0.5, 0.6) is 0 Å². The van der Waals surface area contributed by atoms with Crippen LogP contribution in [-0.4, -0.2) is 12.1 Å². The molecule has 13 heavy (non-hydrogen) atoms. The van der Waals surface area contributed by atoms with Crippen molar-refractivity contribution in [3.63, 3.8) is 0 Å². The Balaban J connectivity index is 1.92. The minimum absolute atomic E-state index is 0.115. The first-order valence-electron chi connectivity index (χ1n) is 5.51.